The van der Waals surface area contributed by atoms with E-state index in [-0.39, 0.29) is 30.4 Å². The summed E-state index contributed by atoms with van der Waals surface area (Å²) in [5.41, 5.74) is 1.27. The molecule has 0 saturated carbocycles. The summed E-state index contributed by atoms with van der Waals surface area (Å²) in [4.78, 5) is 27.2. The second-order valence-corrected chi connectivity index (χ2v) is 10.2. The number of benzene rings is 2. The molecule has 2 N–H and O–H groups in total. The molecule has 9 heteroatoms. The Kier molecular flexibility index (Phi) is 9.14. The lowest BCUT2D eigenvalue weighted by molar-refractivity contribution is -0.138. The molecule has 1 heterocycles. The first-order valence-electron chi connectivity index (χ1n) is 12.2. The Morgan fingerprint density at radius 3 is 2.32 bits per heavy atom. The zero-order valence-corrected chi connectivity index (χ0v) is 21.5. The fourth-order valence-corrected chi connectivity index (χ4v) is 3.71. The highest BCUT2D eigenvalue weighted by Crippen LogP contribution is 2.34. The highest BCUT2D eigenvalue weighted by atomic mass is 19.4. The molecule has 0 aliphatic carbocycles. The average Bonchev–Trinajstić information content (AvgIpc) is 2.86. The van der Waals surface area contributed by atoms with Crippen LogP contribution >= 0.6 is 0 Å². The van der Waals surface area contributed by atoms with Crippen LogP contribution in [0.3, 0.4) is 0 Å². The van der Waals surface area contributed by atoms with Crippen LogP contribution in [0.25, 0.3) is 11.3 Å². The summed E-state index contributed by atoms with van der Waals surface area (Å²) in [6, 6.07) is 15.1. The minimum absolute atomic E-state index is 0.0325. The Bertz CT molecular complexity index is 1230. The number of rotatable bonds is 10. The van der Waals surface area contributed by atoms with Gasteiger partial charge >= 0.3 is 12.1 Å². The van der Waals surface area contributed by atoms with Gasteiger partial charge in [0.05, 0.1) is 17.7 Å². The predicted octanol–water partition coefficient (Wildman–Crippen LogP) is 6.92. The van der Waals surface area contributed by atoms with Gasteiger partial charge in [-0.25, -0.2) is 0 Å². The van der Waals surface area contributed by atoms with E-state index in [0.717, 1.165) is 24.1 Å². The summed E-state index contributed by atoms with van der Waals surface area (Å²) in [5, 5.41) is 11.3. The summed E-state index contributed by atoms with van der Waals surface area (Å²) in [6.07, 6.45) is -1.83. The Labute approximate surface area is 219 Å². The monoisotopic (exact) mass is 528 g/mol. The molecule has 3 aromatic rings. The summed E-state index contributed by atoms with van der Waals surface area (Å²) >= 11 is 0. The molecule has 0 bridgehead atoms. The standard InChI is InChI=1S/C29H31F3N2O4/c1-28(2,3)15-13-25(38-23-10-7-19(8-11-23)27(37)33-16-14-26(35)36)21-9-12-24(34-18-21)20-5-4-6-22(17-20)29(30,31)32/h4-12,17-18,25H,13-16H2,1-3H3,(H,33,37)(H,35,36)/t25-/m1/s1. The first-order valence-corrected chi connectivity index (χ1v) is 12.2. The van der Waals surface area contributed by atoms with E-state index in [1.807, 2.05) is 0 Å². The molecule has 0 radical (unpaired) electrons. The van der Waals surface area contributed by atoms with Gasteiger partial charge in [0.15, 0.2) is 0 Å². The molecule has 0 aliphatic rings. The molecule has 1 amide bonds. The van der Waals surface area contributed by atoms with E-state index in [1.54, 1.807) is 48.7 Å². The van der Waals surface area contributed by atoms with Crippen LogP contribution < -0.4 is 10.1 Å². The number of hydrogen-bond donors (Lipinski definition) is 2. The summed E-state index contributed by atoms with van der Waals surface area (Å²) in [6.45, 7) is 6.40. The predicted molar refractivity (Wildman–Crippen MR) is 138 cm³/mol. The van der Waals surface area contributed by atoms with Crippen molar-refractivity contribution in [3.05, 3.63) is 83.6 Å². The van der Waals surface area contributed by atoms with Gasteiger partial charge in [0.25, 0.3) is 5.91 Å². The molecule has 0 aliphatic heterocycles. The van der Waals surface area contributed by atoms with Gasteiger partial charge in [0, 0.05) is 29.4 Å². The SMILES string of the molecule is CC(C)(C)CC[C@@H](Oc1ccc(C(=O)NCCC(=O)O)cc1)c1ccc(-c2cccc(C(F)(F)F)c2)nc1. The van der Waals surface area contributed by atoms with Gasteiger partial charge in [-0.05, 0) is 60.7 Å². The maximum absolute atomic E-state index is 13.1. The van der Waals surface area contributed by atoms with Crippen LogP contribution in [-0.2, 0) is 11.0 Å². The quantitative estimate of drug-likeness (QED) is 0.298. The van der Waals surface area contributed by atoms with E-state index in [9.17, 15) is 22.8 Å². The number of carboxylic acid groups (broad SMARTS) is 1. The first kappa shape index (κ1) is 28.7. The van der Waals surface area contributed by atoms with E-state index in [4.69, 9.17) is 9.84 Å². The van der Waals surface area contributed by atoms with Crippen molar-refractivity contribution in [1.82, 2.24) is 10.3 Å². The maximum Gasteiger partial charge on any atom is 0.416 e. The molecule has 38 heavy (non-hydrogen) atoms. The molecule has 0 unspecified atom stereocenters. The first-order chi connectivity index (χ1) is 17.8. The number of amides is 1. The number of carbonyl (C=O) groups is 2. The minimum Gasteiger partial charge on any atom is -0.486 e. The molecule has 1 aromatic heterocycles. The van der Waals surface area contributed by atoms with Gasteiger partial charge in [-0.1, -0.05) is 39.0 Å². The van der Waals surface area contributed by atoms with Crippen molar-refractivity contribution < 1.29 is 32.6 Å². The zero-order chi connectivity index (χ0) is 27.9. The molecular formula is C29H31F3N2O4. The molecule has 2 aromatic carbocycles. The molecule has 1 atom stereocenters. The van der Waals surface area contributed by atoms with Crippen LogP contribution in [0.5, 0.6) is 5.75 Å². The normalized spacial score (nSPS) is 12.6. The van der Waals surface area contributed by atoms with Crippen LogP contribution in [0.1, 0.15) is 67.6 Å². The van der Waals surface area contributed by atoms with E-state index in [2.05, 4.69) is 31.1 Å². The fourth-order valence-electron chi connectivity index (χ4n) is 3.71. The third-order valence-corrected chi connectivity index (χ3v) is 5.82. The Morgan fingerprint density at radius 1 is 1.03 bits per heavy atom. The largest absolute Gasteiger partial charge is 0.486 e. The number of ether oxygens (including phenoxy) is 1. The van der Waals surface area contributed by atoms with Crippen molar-refractivity contribution in [2.45, 2.75) is 52.3 Å². The number of nitrogens with zero attached hydrogens (tertiary/aromatic N) is 1. The highest BCUT2D eigenvalue weighted by Gasteiger charge is 2.30. The van der Waals surface area contributed by atoms with Crippen LogP contribution in [0.4, 0.5) is 13.2 Å². The Hall–Kier alpha value is -3.88. The number of hydrogen-bond acceptors (Lipinski definition) is 4. The smallest absolute Gasteiger partial charge is 0.416 e. The van der Waals surface area contributed by atoms with Gasteiger partial charge in [-0.15, -0.1) is 0 Å². The van der Waals surface area contributed by atoms with Crippen molar-refractivity contribution in [3.63, 3.8) is 0 Å². The highest BCUT2D eigenvalue weighted by molar-refractivity contribution is 5.94. The van der Waals surface area contributed by atoms with Crippen molar-refractivity contribution in [2.75, 3.05) is 6.54 Å². The Balaban J connectivity index is 1.77. The molecule has 3 rings (SSSR count). The number of nitrogens with one attached hydrogen (secondary N) is 1. The lowest BCUT2D eigenvalue weighted by Crippen LogP contribution is -2.25. The number of carbonyl (C=O) groups excluding carboxylic acids is 1. The van der Waals surface area contributed by atoms with Crippen molar-refractivity contribution in [3.8, 4) is 17.0 Å². The number of pyridine rings is 1. The molecule has 0 saturated heterocycles. The van der Waals surface area contributed by atoms with Crippen LogP contribution in [0.15, 0.2) is 66.9 Å². The van der Waals surface area contributed by atoms with E-state index in [0.29, 0.717) is 29.0 Å². The van der Waals surface area contributed by atoms with Crippen molar-refractivity contribution in [2.24, 2.45) is 5.41 Å². The Morgan fingerprint density at radius 2 is 1.74 bits per heavy atom. The molecule has 202 valence electrons. The van der Waals surface area contributed by atoms with Gasteiger partial charge in [-0.2, -0.15) is 13.2 Å². The number of halogens is 3. The lowest BCUT2D eigenvalue weighted by atomic mass is 9.88. The molecular weight excluding hydrogens is 497 g/mol. The molecule has 0 fully saturated rings. The van der Waals surface area contributed by atoms with Gasteiger partial charge < -0.3 is 15.2 Å². The van der Waals surface area contributed by atoms with Gasteiger partial charge in [-0.3, -0.25) is 14.6 Å². The topological polar surface area (TPSA) is 88.5 Å². The van der Waals surface area contributed by atoms with E-state index >= 15 is 0 Å². The number of carboxylic acids is 1. The van der Waals surface area contributed by atoms with Crippen LogP contribution in [-0.4, -0.2) is 28.5 Å². The van der Waals surface area contributed by atoms with Crippen molar-refractivity contribution in [1.29, 1.82) is 0 Å². The number of aliphatic carboxylic acids is 1. The van der Waals surface area contributed by atoms with Crippen LogP contribution in [0, 0.1) is 5.41 Å². The number of aromatic nitrogens is 1. The molecule has 0 spiro atoms. The van der Waals surface area contributed by atoms with E-state index < -0.39 is 17.7 Å². The zero-order valence-electron chi connectivity index (χ0n) is 21.5. The van der Waals surface area contributed by atoms with E-state index in [1.165, 1.54) is 6.07 Å². The summed E-state index contributed by atoms with van der Waals surface area (Å²) < 4.78 is 45.6. The third kappa shape index (κ3) is 8.61. The van der Waals surface area contributed by atoms with Gasteiger partial charge in [0.1, 0.15) is 11.9 Å². The third-order valence-electron chi connectivity index (χ3n) is 5.82. The fraction of sp³-hybridized carbons (Fsp3) is 0.345. The van der Waals surface area contributed by atoms with Gasteiger partial charge in [0.2, 0.25) is 0 Å². The summed E-state index contributed by atoms with van der Waals surface area (Å²) in [5.74, 6) is -0.836. The summed E-state index contributed by atoms with van der Waals surface area (Å²) in [7, 11) is 0. The maximum atomic E-state index is 13.1. The van der Waals surface area contributed by atoms with Crippen LogP contribution in [0.2, 0.25) is 0 Å². The second kappa shape index (κ2) is 12.1. The second-order valence-electron chi connectivity index (χ2n) is 10.2. The average molecular weight is 529 g/mol. The number of alkyl halides is 3. The minimum atomic E-state index is -4.43. The lowest BCUT2D eigenvalue weighted by Gasteiger charge is -2.24. The molecule has 6 nitrogen and oxygen atoms in total. The van der Waals surface area contributed by atoms with Crippen molar-refractivity contribution >= 4 is 11.9 Å².